The lowest BCUT2D eigenvalue weighted by atomic mass is 9.97. The van der Waals surface area contributed by atoms with Crippen molar-refractivity contribution in [3.05, 3.63) is 53.0 Å². The molecule has 1 aromatic carbocycles. The third-order valence-electron chi connectivity index (χ3n) is 6.24. The van der Waals surface area contributed by atoms with Crippen LogP contribution in [0.3, 0.4) is 0 Å². The maximum absolute atomic E-state index is 13.1. The number of rotatable bonds is 4. The summed E-state index contributed by atoms with van der Waals surface area (Å²) in [5, 5.41) is 13.4. The number of aryl methyl sites for hydroxylation is 2. The van der Waals surface area contributed by atoms with Crippen molar-refractivity contribution >= 4 is 15.7 Å². The lowest BCUT2D eigenvalue weighted by molar-refractivity contribution is 0.311. The molecule has 7 nitrogen and oxygen atoms in total. The second kappa shape index (κ2) is 6.88. The minimum atomic E-state index is -3.47. The summed E-state index contributed by atoms with van der Waals surface area (Å²) in [6.45, 7) is 4.90. The number of nitrogens with zero attached hydrogens (tertiary/aromatic N) is 5. The van der Waals surface area contributed by atoms with E-state index in [4.69, 9.17) is 5.10 Å². The van der Waals surface area contributed by atoms with Crippen molar-refractivity contribution in [2.24, 2.45) is 0 Å². The average molecular weight is 412 g/mol. The molecule has 1 saturated heterocycles. The van der Waals surface area contributed by atoms with E-state index in [-0.39, 0.29) is 5.92 Å². The van der Waals surface area contributed by atoms with Gasteiger partial charge in [0, 0.05) is 24.9 Å². The molecule has 0 amide bonds. The summed E-state index contributed by atoms with van der Waals surface area (Å²) in [7, 11) is -3.47. The van der Waals surface area contributed by atoms with Crippen LogP contribution in [0.2, 0.25) is 0 Å². The van der Waals surface area contributed by atoms with Gasteiger partial charge in [-0.05, 0) is 74.9 Å². The molecule has 1 aliphatic heterocycles. The first-order valence-corrected chi connectivity index (χ1v) is 11.7. The third-order valence-corrected chi connectivity index (χ3v) is 8.13. The standard InChI is InChI=1S/C21H25N5O2S/c1-14-3-6-18(13-15(14)2)29(27,28)25-11-9-17(10-12-25)21-23-22-20-8-7-19(16-4-5-16)24-26(20)21/h3,6-8,13,16-17H,4-5,9-12H2,1-2H3. The normalized spacial score (nSPS) is 19.1. The Hall–Kier alpha value is -2.32. The fourth-order valence-corrected chi connectivity index (χ4v) is 5.60. The largest absolute Gasteiger partial charge is 0.243 e. The van der Waals surface area contributed by atoms with E-state index in [1.54, 1.807) is 16.4 Å². The van der Waals surface area contributed by atoms with Gasteiger partial charge in [-0.25, -0.2) is 8.42 Å². The van der Waals surface area contributed by atoms with Gasteiger partial charge >= 0.3 is 0 Å². The van der Waals surface area contributed by atoms with Crippen LogP contribution in [0.15, 0.2) is 35.2 Å². The summed E-state index contributed by atoms with van der Waals surface area (Å²) in [6, 6.07) is 9.38. The molecule has 2 aromatic heterocycles. The predicted molar refractivity (Wildman–Crippen MR) is 109 cm³/mol. The lowest BCUT2D eigenvalue weighted by Gasteiger charge is -2.30. The van der Waals surface area contributed by atoms with Crippen LogP contribution < -0.4 is 0 Å². The first kappa shape index (κ1) is 18.7. The van der Waals surface area contributed by atoms with E-state index in [9.17, 15) is 8.42 Å². The van der Waals surface area contributed by atoms with E-state index in [2.05, 4.69) is 10.2 Å². The Balaban J connectivity index is 1.35. The molecule has 3 heterocycles. The molecule has 3 aromatic rings. The van der Waals surface area contributed by atoms with Gasteiger partial charge in [0.2, 0.25) is 10.0 Å². The zero-order valence-corrected chi connectivity index (χ0v) is 17.6. The minimum absolute atomic E-state index is 0.165. The van der Waals surface area contributed by atoms with Gasteiger partial charge in [-0.1, -0.05) is 6.07 Å². The Morgan fingerprint density at radius 3 is 2.34 bits per heavy atom. The van der Waals surface area contributed by atoms with Crippen LogP contribution in [0.5, 0.6) is 0 Å². The van der Waals surface area contributed by atoms with Gasteiger partial charge in [-0.15, -0.1) is 10.2 Å². The van der Waals surface area contributed by atoms with E-state index in [0.717, 1.165) is 41.1 Å². The number of sulfonamides is 1. The van der Waals surface area contributed by atoms with Crippen LogP contribution in [0.1, 0.15) is 60.2 Å². The maximum atomic E-state index is 13.1. The minimum Gasteiger partial charge on any atom is -0.207 e. The number of hydrogen-bond donors (Lipinski definition) is 0. The molecule has 0 N–H and O–H groups in total. The van der Waals surface area contributed by atoms with Gasteiger partial charge in [0.1, 0.15) is 0 Å². The van der Waals surface area contributed by atoms with Crippen LogP contribution in [0.4, 0.5) is 0 Å². The monoisotopic (exact) mass is 411 g/mol. The second-order valence-electron chi connectivity index (χ2n) is 8.29. The van der Waals surface area contributed by atoms with Crippen molar-refractivity contribution in [1.82, 2.24) is 24.1 Å². The van der Waals surface area contributed by atoms with Crippen LogP contribution in [0.25, 0.3) is 5.65 Å². The summed E-state index contributed by atoms with van der Waals surface area (Å²) in [4.78, 5) is 0.378. The highest BCUT2D eigenvalue weighted by Crippen LogP contribution is 2.39. The molecule has 0 bridgehead atoms. The highest BCUT2D eigenvalue weighted by atomic mass is 32.2. The van der Waals surface area contributed by atoms with Crippen molar-refractivity contribution in [3.8, 4) is 0 Å². The van der Waals surface area contributed by atoms with Crippen LogP contribution in [0, 0.1) is 13.8 Å². The summed E-state index contributed by atoms with van der Waals surface area (Å²) < 4.78 is 29.6. The fraction of sp³-hybridized carbons (Fsp3) is 0.476. The summed E-state index contributed by atoms with van der Waals surface area (Å²) in [6.07, 6.45) is 3.84. The Kier molecular flexibility index (Phi) is 4.43. The van der Waals surface area contributed by atoms with Crippen molar-refractivity contribution in [2.75, 3.05) is 13.1 Å². The zero-order valence-electron chi connectivity index (χ0n) is 16.7. The molecule has 8 heteroatoms. The first-order chi connectivity index (χ1) is 13.9. The van der Waals surface area contributed by atoms with Gasteiger partial charge in [-0.3, -0.25) is 0 Å². The van der Waals surface area contributed by atoms with Crippen molar-refractivity contribution in [1.29, 1.82) is 0 Å². The lowest BCUT2D eigenvalue weighted by Crippen LogP contribution is -2.38. The molecule has 29 heavy (non-hydrogen) atoms. The average Bonchev–Trinajstić information content (AvgIpc) is 3.49. The second-order valence-corrected chi connectivity index (χ2v) is 10.2. The number of benzene rings is 1. The number of hydrogen-bond acceptors (Lipinski definition) is 5. The van der Waals surface area contributed by atoms with Gasteiger partial charge in [0.05, 0.1) is 10.6 Å². The highest BCUT2D eigenvalue weighted by molar-refractivity contribution is 7.89. The molecule has 0 atom stereocenters. The van der Waals surface area contributed by atoms with Gasteiger partial charge in [0.15, 0.2) is 11.5 Å². The van der Waals surface area contributed by atoms with Crippen LogP contribution in [-0.4, -0.2) is 45.6 Å². The smallest absolute Gasteiger partial charge is 0.207 e. The van der Waals surface area contributed by atoms with Crippen molar-refractivity contribution in [2.45, 2.75) is 56.3 Å². The molecule has 152 valence electrons. The quantitative estimate of drug-likeness (QED) is 0.659. The number of piperidine rings is 1. The molecule has 0 unspecified atom stereocenters. The SMILES string of the molecule is Cc1ccc(S(=O)(=O)N2CCC(c3nnc4ccc(C5CC5)nn34)CC2)cc1C. The van der Waals surface area contributed by atoms with E-state index >= 15 is 0 Å². The molecule has 1 saturated carbocycles. The molecule has 2 aliphatic rings. The van der Waals surface area contributed by atoms with Crippen molar-refractivity contribution < 1.29 is 8.42 Å². The van der Waals surface area contributed by atoms with E-state index in [0.29, 0.717) is 23.9 Å². The maximum Gasteiger partial charge on any atom is 0.243 e. The number of aromatic nitrogens is 4. The van der Waals surface area contributed by atoms with Crippen LogP contribution >= 0.6 is 0 Å². The molecule has 0 radical (unpaired) electrons. The molecule has 1 aliphatic carbocycles. The first-order valence-electron chi connectivity index (χ1n) is 10.2. The predicted octanol–water partition coefficient (Wildman–Crippen LogP) is 3.19. The molecular weight excluding hydrogens is 386 g/mol. The Morgan fingerprint density at radius 1 is 0.897 bits per heavy atom. The fourth-order valence-electron chi connectivity index (χ4n) is 4.05. The van der Waals surface area contributed by atoms with Crippen molar-refractivity contribution in [3.63, 3.8) is 0 Å². The van der Waals surface area contributed by atoms with E-state index in [1.165, 1.54) is 12.8 Å². The molecule has 5 rings (SSSR count). The molecule has 0 spiro atoms. The third kappa shape index (κ3) is 3.34. The van der Waals surface area contributed by atoms with Crippen LogP contribution in [-0.2, 0) is 10.0 Å². The summed E-state index contributed by atoms with van der Waals surface area (Å²) in [5.41, 5.74) is 3.95. The number of fused-ring (bicyclic) bond motifs is 1. The topological polar surface area (TPSA) is 80.5 Å². The highest BCUT2D eigenvalue weighted by Gasteiger charge is 2.32. The molecular formula is C21H25N5O2S. The van der Waals surface area contributed by atoms with Gasteiger partial charge in [0.25, 0.3) is 0 Å². The summed E-state index contributed by atoms with van der Waals surface area (Å²) >= 11 is 0. The Bertz CT molecular complexity index is 1170. The molecule has 2 fully saturated rings. The van der Waals surface area contributed by atoms with Gasteiger partial charge in [-0.2, -0.15) is 13.9 Å². The summed E-state index contributed by atoms with van der Waals surface area (Å²) in [5.74, 6) is 1.59. The Labute approximate surface area is 170 Å². The van der Waals surface area contributed by atoms with Gasteiger partial charge < -0.3 is 0 Å². The Morgan fingerprint density at radius 2 is 1.66 bits per heavy atom. The van der Waals surface area contributed by atoms with E-state index < -0.39 is 10.0 Å². The van der Waals surface area contributed by atoms with E-state index in [1.807, 2.05) is 36.6 Å². The zero-order chi connectivity index (χ0) is 20.2.